The molecule has 116 valence electrons. The van der Waals surface area contributed by atoms with Gasteiger partial charge in [0.15, 0.2) is 5.16 Å². The van der Waals surface area contributed by atoms with E-state index in [1.165, 1.54) is 11.8 Å². The first kappa shape index (κ1) is 16.4. The number of amides is 1. The Hall–Kier alpha value is -1.99. The average Bonchev–Trinajstić information content (AvgIpc) is 2.81. The van der Waals surface area contributed by atoms with Gasteiger partial charge in [0.1, 0.15) is 0 Å². The molecular weight excluding hydrogens is 322 g/mol. The van der Waals surface area contributed by atoms with Crippen LogP contribution in [-0.2, 0) is 11.3 Å². The monoisotopic (exact) mass is 337 g/mol. The minimum atomic E-state index is -0.178. The SMILES string of the molecule is C=CCn1c(N)nnc1SCC(=O)Nc1ccc(C)cc1Cl. The molecule has 1 aromatic carbocycles. The normalized spacial score (nSPS) is 10.5. The van der Waals surface area contributed by atoms with Gasteiger partial charge in [-0.1, -0.05) is 35.5 Å². The van der Waals surface area contributed by atoms with Crippen molar-refractivity contribution in [1.82, 2.24) is 14.8 Å². The fourth-order valence-electron chi connectivity index (χ4n) is 1.75. The van der Waals surface area contributed by atoms with Crippen molar-refractivity contribution < 1.29 is 4.79 Å². The van der Waals surface area contributed by atoms with Crippen LogP contribution >= 0.6 is 23.4 Å². The third-order valence-corrected chi connectivity index (χ3v) is 4.07. The number of thioether (sulfide) groups is 1. The van der Waals surface area contributed by atoms with Crippen molar-refractivity contribution in [3.8, 4) is 0 Å². The van der Waals surface area contributed by atoms with E-state index < -0.39 is 0 Å². The Morgan fingerprint density at radius 3 is 3.00 bits per heavy atom. The highest BCUT2D eigenvalue weighted by Gasteiger charge is 2.12. The van der Waals surface area contributed by atoms with E-state index in [0.29, 0.717) is 28.4 Å². The number of hydrogen-bond donors (Lipinski definition) is 2. The van der Waals surface area contributed by atoms with Gasteiger partial charge in [0.2, 0.25) is 11.9 Å². The van der Waals surface area contributed by atoms with Gasteiger partial charge < -0.3 is 11.1 Å². The number of rotatable bonds is 6. The second kappa shape index (κ2) is 7.33. The van der Waals surface area contributed by atoms with Gasteiger partial charge >= 0.3 is 0 Å². The molecule has 0 aliphatic heterocycles. The van der Waals surface area contributed by atoms with Crippen LogP contribution in [0, 0.1) is 6.92 Å². The highest BCUT2D eigenvalue weighted by Crippen LogP contribution is 2.24. The lowest BCUT2D eigenvalue weighted by Gasteiger charge is -2.08. The van der Waals surface area contributed by atoms with Crippen LogP contribution in [0.5, 0.6) is 0 Å². The number of nitrogens with one attached hydrogen (secondary N) is 1. The van der Waals surface area contributed by atoms with Gasteiger partial charge in [-0.25, -0.2) is 0 Å². The molecule has 0 fully saturated rings. The summed E-state index contributed by atoms with van der Waals surface area (Å²) >= 11 is 7.34. The Balaban J connectivity index is 1.97. The summed E-state index contributed by atoms with van der Waals surface area (Å²) in [4.78, 5) is 12.0. The van der Waals surface area contributed by atoms with Crippen molar-refractivity contribution in [1.29, 1.82) is 0 Å². The molecule has 0 aliphatic rings. The molecule has 22 heavy (non-hydrogen) atoms. The molecule has 0 atom stereocenters. The van der Waals surface area contributed by atoms with E-state index in [0.717, 1.165) is 5.56 Å². The summed E-state index contributed by atoms with van der Waals surface area (Å²) in [5.74, 6) is 0.298. The molecule has 0 radical (unpaired) electrons. The molecule has 1 amide bonds. The second-order valence-electron chi connectivity index (χ2n) is 4.56. The zero-order valence-corrected chi connectivity index (χ0v) is 13.6. The standard InChI is InChI=1S/C14H16ClN5OS/c1-3-6-20-13(16)18-19-14(20)22-8-12(21)17-11-5-4-9(2)7-10(11)15/h3-5,7H,1,6,8H2,2H3,(H2,16,18)(H,17,21). The number of carbonyl (C=O) groups is 1. The number of halogens is 1. The number of aromatic nitrogens is 3. The quantitative estimate of drug-likeness (QED) is 0.625. The summed E-state index contributed by atoms with van der Waals surface area (Å²) in [5.41, 5.74) is 7.32. The lowest BCUT2D eigenvalue weighted by molar-refractivity contribution is -0.113. The molecule has 1 heterocycles. The van der Waals surface area contributed by atoms with Gasteiger partial charge in [-0.05, 0) is 24.6 Å². The first-order chi connectivity index (χ1) is 10.5. The Morgan fingerprint density at radius 2 is 2.32 bits per heavy atom. The predicted molar refractivity (Wildman–Crippen MR) is 90.2 cm³/mol. The van der Waals surface area contributed by atoms with E-state index in [1.54, 1.807) is 22.8 Å². The molecule has 0 aliphatic carbocycles. The number of nitrogens with zero attached hydrogens (tertiary/aromatic N) is 3. The zero-order chi connectivity index (χ0) is 16.1. The summed E-state index contributed by atoms with van der Waals surface area (Å²) < 4.78 is 1.68. The fourth-order valence-corrected chi connectivity index (χ4v) is 2.78. The number of carbonyl (C=O) groups excluding carboxylic acids is 1. The van der Waals surface area contributed by atoms with Gasteiger partial charge in [0, 0.05) is 6.54 Å². The van der Waals surface area contributed by atoms with Gasteiger partial charge in [-0.2, -0.15) is 0 Å². The minimum Gasteiger partial charge on any atom is -0.368 e. The third kappa shape index (κ3) is 4.02. The van der Waals surface area contributed by atoms with E-state index in [1.807, 2.05) is 13.0 Å². The first-order valence-corrected chi connectivity index (χ1v) is 7.86. The van der Waals surface area contributed by atoms with Crippen molar-refractivity contribution in [2.75, 3.05) is 16.8 Å². The predicted octanol–water partition coefficient (Wildman–Crippen LogP) is 2.74. The van der Waals surface area contributed by atoms with Gasteiger partial charge in [-0.3, -0.25) is 9.36 Å². The van der Waals surface area contributed by atoms with E-state index in [9.17, 15) is 4.79 Å². The van der Waals surface area contributed by atoms with E-state index in [2.05, 4.69) is 22.1 Å². The number of anilines is 2. The van der Waals surface area contributed by atoms with Crippen LogP contribution in [0.4, 0.5) is 11.6 Å². The van der Waals surface area contributed by atoms with Crippen LogP contribution in [0.25, 0.3) is 0 Å². The minimum absolute atomic E-state index is 0.178. The fraction of sp³-hybridized carbons (Fsp3) is 0.214. The van der Waals surface area contributed by atoms with Crippen LogP contribution < -0.4 is 11.1 Å². The Labute approximate surface area is 137 Å². The van der Waals surface area contributed by atoms with Crippen LogP contribution in [0.3, 0.4) is 0 Å². The molecule has 1 aromatic heterocycles. The largest absolute Gasteiger partial charge is 0.368 e. The van der Waals surface area contributed by atoms with Crippen molar-refractivity contribution in [3.05, 3.63) is 41.4 Å². The average molecular weight is 338 g/mol. The van der Waals surface area contributed by atoms with Crippen molar-refractivity contribution >= 4 is 40.9 Å². The lowest BCUT2D eigenvalue weighted by atomic mass is 10.2. The number of benzene rings is 1. The van der Waals surface area contributed by atoms with Crippen molar-refractivity contribution in [2.45, 2.75) is 18.6 Å². The molecule has 2 rings (SSSR count). The van der Waals surface area contributed by atoms with Gasteiger partial charge in [0.05, 0.1) is 16.5 Å². The van der Waals surface area contributed by atoms with Crippen LogP contribution in [0.2, 0.25) is 5.02 Å². The molecule has 0 spiro atoms. The maximum absolute atomic E-state index is 12.0. The molecule has 0 bridgehead atoms. The smallest absolute Gasteiger partial charge is 0.234 e. The number of nitrogen functional groups attached to an aromatic ring is 1. The molecule has 0 saturated carbocycles. The van der Waals surface area contributed by atoms with E-state index >= 15 is 0 Å². The van der Waals surface area contributed by atoms with E-state index in [4.69, 9.17) is 17.3 Å². The number of allylic oxidation sites excluding steroid dienone is 1. The summed E-state index contributed by atoms with van der Waals surface area (Å²) in [6, 6.07) is 5.46. The molecule has 0 saturated heterocycles. The molecule has 2 aromatic rings. The summed E-state index contributed by atoms with van der Waals surface area (Å²) in [6.45, 7) is 6.08. The van der Waals surface area contributed by atoms with Gasteiger partial charge in [-0.15, -0.1) is 16.8 Å². The second-order valence-corrected chi connectivity index (χ2v) is 5.91. The Morgan fingerprint density at radius 1 is 1.55 bits per heavy atom. The summed E-state index contributed by atoms with van der Waals surface area (Å²) in [6.07, 6.45) is 1.69. The number of nitrogens with two attached hydrogens (primary N) is 1. The van der Waals surface area contributed by atoms with Gasteiger partial charge in [0.25, 0.3) is 0 Å². The molecular formula is C14H16ClN5OS. The molecule has 0 unspecified atom stereocenters. The lowest BCUT2D eigenvalue weighted by Crippen LogP contribution is -2.15. The topological polar surface area (TPSA) is 85.8 Å². The Bertz CT molecular complexity index is 701. The number of hydrogen-bond acceptors (Lipinski definition) is 5. The number of aryl methyl sites for hydroxylation is 1. The highest BCUT2D eigenvalue weighted by molar-refractivity contribution is 7.99. The van der Waals surface area contributed by atoms with Crippen LogP contribution in [-0.4, -0.2) is 26.4 Å². The van der Waals surface area contributed by atoms with Crippen molar-refractivity contribution in [2.24, 2.45) is 0 Å². The molecule has 3 N–H and O–H groups in total. The maximum atomic E-state index is 12.0. The highest BCUT2D eigenvalue weighted by atomic mass is 35.5. The molecule has 6 nitrogen and oxygen atoms in total. The first-order valence-electron chi connectivity index (χ1n) is 6.49. The Kier molecular flexibility index (Phi) is 5.46. The zero-order valence-electron chi connectivity index (χ0n) is 12.0. The summed E-state index contributed by atoms with van der Waals surface area (Å²) in [5, 5.41) is 11.6. The third-order valence-electron chi connectivity index (χ3n) is 2.79. The van der Waals surface area contributed by atoms with Crippen molar-refractivity contribution in [3.63, 3.8) is 0 Å². The maximum Gasteiger partial charge on any atom is 0.234 e. The molecule has 8 heteroatoms. The van der Waals surface area contributed by atoms with E-state index in [-0.39, 0.29) is 11.7 Å². The van der Waals surface area contributed by atoms with Crippen LogP contribution in [0.15, 0.2) is 36.0 Å². The van der Waals surface area contributed by atoms with Crippen LogP contribution in [0.1, 0.15) is 5.56 Å². The summed E-state index contributed by atoms with van der Waals surface area (Å²) in [7, 11) is 0.